The van der Waals surface area contributed by atoms with Gasteiger partial charge in [-0.15, -0.1) is 5.10 Å². The van der Waals surface area contributed by atoms with Gasteiger partial charge in [-0.1, -0.05) is 32.0 Å². The lowest BCUT2D eigenvalue weighted by molar-refractivity contribution is -0.120. The molecule has 4 rings (SSSR count). The monoisotopic (exact) mass is 438 g/mol. The van der Waals surface area contributed by atoms with Crippen LogP contribution in [0.4, 0.5) is 10.6 Å². The molecule has 2 aliphatic rings. The van der Waals surface area contributed by atoms with Crippen molar-refractivity contribution in [3.8, 4) is 5.69 Å². The van der Waals surface area contributed by atoms with E-state index in [9.17, 15) is 9.59 Å². The van der Waals surface area contributed by atoms with Crippen molar-refractivity contribution in [3.63, 3.8) is 0 Å². The number of amides is 2. The van der Waals surface area contributed by atoms with E-state index in [4.69, 9.17) is 9.84 Å². The Balaban J connectivity index is 1.45. The predicted octanol–water partition coefficient (Wildman–Crippen LogP) is 4.15. The molecule has 1 aromatic heterocycles. The highest BCUT2D eigenvalue weighted by molar-refractivity contribution is 5.96. The number of hydrogen-bond donors (Lipinski definition) is 0. The van der Waals surface area contributed by atoms with Crippen LogP contribution >= 0.6 is 0 Å². The Morgan fingerprint density at radius 1 is 1.16 bits per heavy atom. The normalized spacial score (nSPS) is 22.1. The number of piperidine rings is 1. The van der Waals surface area contributed by atoms with Gasteiger partial charge in [0.05, 0.1) is 5.69 Å². The summed E-state index contributed by atoms with van der Waals surface area (Å²) in [4.78, 5) is 29.0. The zero-order valence-corrected chi connectivity index (χ0v) is 19.9. The van der Waals surface area contributed by atoms with E-state index in [0.29, 0.717) is 24.8 Å². The lowest BCUT2D eigenvalue weighted by atomic mass is 10.1. The highest BCUT2D eigenvalue weighted by atomic mass is 16.6. The second-order valence-electron chi connectivity index (χ2n) is 10.5. The van der Waals surface area contributed by atoms with E-state index in [1.54, 1.807) is 16.8 Å². The van der Waals surface area contributed by atoms with Crippen LogP contribution in [0.1, 0.15) is 40.3 Å². The fraction of sp³-hybridized carbons (Fsp3) is 0.560. The van der Waals surface area contributed by atoms with Crippen molar-refractivity contribution in [1.29, 1.82) is 0 Å². The molecular formula is C25H34N4O3. The van der Waals surface area contributed by atoms with Crippen molar-refractivity contribution in [3.05, 3.63) is 42.1 Å². The molecule has 1 saturated carbocycles. The molecule has 1 saturated heterocycles. The first-order valence-electron chi connectivity index (χ1n) is 11.4. The fourth-order valence-electron chi connectivity index (χ4n) is 4.63. The molecule has 7 nitrogen and oxygen atoms in total. The van der Waals surface area contributed by atoms with Crippen LogP contribution in [0.3, 0.4) is 0 Å². The number of anilines is 1. The first kappa shape index (κ1) is 22.4. The van der Waals surface area contributed by atoms with Gasteiger partial charge in [-0.25, -0.2) is 9.48 Å². The summed E-state index contributed by atoms with van der Waals surface area (Å²) >= 11 is 0. The Hall–Kier alpha value is -2.83. The summed E-state index contributed by atoms with van der Waals surface area (Å²) in [6.45, 7) is 11.1. The van der Waals surface area contributed by atoms with Gasteiger partial charge < -0.3 is 9.64 Å². The number of ether oxygens (including phenoxy) is 1. The molecule has 1 aromatic carbocycles. The molecule has 0 bridgehead atoms. The summed E-state index contributed by atoms with van der Waals surface area (Å²) in [6, 6.07) is 12.0. The number of para-hydroxylation sites is 1. The highest BCUT2D eigenvalue weighted by Gasteiger charge is 2.61. The summed E-state index contributed by atoms with van der Waals surface area (Å²) in [5, 5.41) is 4.78. The molecule has 172 valence electrons. The molecule has 2 atom stereocenters. The smallest absolute Gasteiger partial charge is 0.410 e. The van der Waals surface area contributed by atoms with Crippen molar-refractivity contribution in [2.75, 3.05) is 25.0 Å². The predicted molar refractivity (Wildman–Crippen MR) is 124 cm³/mol. The summed E-state index contributed by atoms with van der Waals surface area (Å²) < 4.78 is 7.41. The Labute approximate surface area is 190 Å². The van der Waals surface area contributed by atoms with Crippen molar-refractivity contribution in [1.82, 2.24) is 14.7 Å². The van der Waals surface area contributed by atoms with E-state index < -0.39 is 5.60 Å². The van der Waals surface area contributed by atoms with Crippen molar-refractivity contribution in [2.24, 2.45) is 23.7 Å². The molecule has 0 spiro atoms. The van der Waals surface area contributed by atoms with E-state index >= 15 is 0 Å². The van der Waals surface area contributed by atoms with Gasteiger partial charge >= 0.3 is 6.09 Å². The van der Waals surface area contributed by atoms with Crippen LogP contribution < -0.4 is 4.90 Å². The Bertz CT molecular complexity index is 980. The topological polar surface area (TPSA) is 67.7 Å². The number of rotatable bonds is 5. The maximum absolute atomic E-state index is 13.2. The molecule has 2 aromatic rings. The van der Waals surface area contributed by atoms with Gasteiger partial charge in [0.15, 0.2) is 5.82 Å². The molecule has 32 heavy (non-hydrogen) atoms. The summed E-state index contributed by atoms with van der Waals surface area (Å²) in [7, 11) is 1.80. The number of fused-ring (bicyclic) bond motifs is 1. The molecule has 7 heteroatoms. The third-order valence-corrected chi connectivity index (χ3v) is 6.19. The van der Waals surface area contributed by atoms with Crippen LogP contribution in [-0.4, -0.2) is 52.4 Å². The van der Waals surface area contributed by atoms with Crippen LogP contribution in [0.25, 0.3) is 5.69 Å². The van der Waals surface area contributed by atoms with E-state index in [1.165, 1.54) is 0 Å². The van der Waals surface area contributed by atoms with Crippen LogP contribution in [0.15, 0.2) is 36.4 Å². The third-order valence-electron chi connectivity index (χ3n) is 6.19. The van der Waals surface area contributed by atoms with Gasteiger partial charge in [-0.3, -0.25) is 9.69 Å². The lowest BCUT2D eigenvalue weighted by Gasteiger charge is -2.26. The zero-order valence-electron chi connectivity index (χ0n) is 19.9. The van der Waals surface area contributed by atoms with Crippen molar-refractivity contribution in [2.45, 2.75) is 46.6 Å². The second-order valence-corrected chi connectivity index (χ2v) is 10.5. The van der Waals surface area contributed by atoms with Crippen LogP contribution in [0, 0.1) is 23.7 Å². The minimum Gasteiger partial charge on any atom is -0.444 e. The van der Waals surface area contributed by atoms with Crippen LogP contribution in [-0.2, 0) is 16.0 Å². The first-order chi connectivity index (χ1) is 15.0. The number of aromatic nitrogens is 2. The molecule has 1 aliphatic carbocycles. The Morgan fingerprint density at radius 3 is 2.34 bits per heavy atom. The molecule has 2 unspecified atom stereocenters. The highest BCUT2D eigenvalue weighted by Crippen LogP contribution is 2.53. The van der Waals surface area contributed by atoms with Gasteiger partial charge in [-0.05, 0) is 57.1 Å². The summed E-state index contributed by atoms with van der Waals surface area (Å²) in [6.07, 6.45) is 0.591. The molecule has 1 aliphatic heterocycles. The quantitative estimate of drug-likeness (QED) is 0.703. The third kappa shape index (κ3) is 4.52. The standard InChI is InChI=1S/C25H34N4O3/c1-16(2)12-18-13-21(26-29(18)17-10-8-7-9-11-17)27(6)23(30)22-19-14-28(15-20(19)22)24(31)32-25(3,4)5/h7-11,13,16,19-20,22H,12,14-15H2,1-6H3. The van der Waals surface area contributed by atoms with E-state index in [0.717, 1.165) is 17.8 Å². The number of hydrogen-bond acceptors (Lipinski definition) is 4. The first-order valence-corrected chi connectivity index (χ1v) is 11.4. The zero-order chi connectivity index (χ0) is 23.2. The SMILES string of the molecule is CC(C)Cc1cc(N(C)C(=O)C2C3CN(C(=O)OC(C)(C)C)CC32)nn1-c1ccccc1. The number of carbonyl (C=O) groups is 2. The molecule has 2 heterocycles. The minimum absolute atomic E-state index is 0.0471. The van der Waals surface area contributed by atoms with E-state index in [-0.39, 0.29) is 29.8 Å². The van der Waals surface area contributed by atoms with Crippen molar-refractivity contribution >= 4 is 17.8 Å². The molecule has 0 N–H and O–H groups in total. The molecule has 2 fully saturated rings. The van der Waals surface area contributed by atoms with E-state index in [2.05, 4.69) is 13.8 Å². The maximum atomic E-state index is 13.2. The number of carbonyl (C=O) groups excluding carboxylic acids is 2. The summed E-state index contributed by atoms with van der Waals surface area (Å²) in [5.74, 6) is 1.60. The molecule has 0 radical (unpaired) electrons. The fourth-order valence-corrected chi connectivity index (χ4v) is 4.63. The lowest BCUT2D eigenvalue weighted by Crippen LogP contribution is -2.39. The van der Waals surface area contributed by atoms with Gasteiger partial charge in [0.25, 0.3) is 0 Å². The number of nitrogens with zero attached hydrogens (tertiary/aromatic N) is 4. The summed E-state index contributed by atoms with van der Waals surface area (Å²) in [5.41, 5.74) is 1.57. The average Bonchev–Trinajstić information content (AvgIpc) is 3.03. The number of benzene rings is 1. The van der Waals surface area contributed by atoms with Gasteiger partial charge in [0.1, 0.15) is 5.60 Å². The molecular weight excluding hydrogens is 404 g/mol. The van der Waals surface area contributed by atoms with Crippen molar-refractivity contribution < 1.29 is 14.3 Å². The molecule has 2 amide bonds. The Kier molecular flexibility index (Phi) is 5.77. The van der Waals surface area contributed by atoms with Gasteiger partial charge in [-0.2, -0.15) is 0 Å². The van der Waals surface area contributed by atoms with Crippen LogP contribution in [0.2, 0.25) is 0 Å². The van der Waals surface area contributed by atoms with Crippen LogP contribution in [0.5, 0.6) is 0 Å². The second kappa shape index (κ2) is 8.26. The number of likely N-dealkylation sites (tertiary alicyclic amines) is 1. The van der Waals surface area contributed by atoms with E-state index in [1.807, 2.05) is 61.9 Å². The van der Waals surface area contributed by atoms with Gasteiger partial charge in [0.2, 0.25) is 5.91 Å². The van der Waals surface area contributed by atoms with Gasteiger partial charge in [0, 0.05) is 37.8 Å². The Morgan fingerprint density at radius 2 is 1.78 bits per heavy atom. The maximum Gasteiger partial charge on any atom is 0.410 e. The largest absolute Gasteiger partial charge is 0.444 e. The average molecular weight is 439 g/mol. The minimum atomic E-state index is -0.509.